The molecule has 0 saturated heterocycles. The largest absolute Gasteiger partial charge is 0.551 e. The molecule has 0 saturated carbocycles. The maximum Gasteiger partial charge on any atom is 0 e. The third-order valence-corrected chi connectivity index (χ3v) is 1.37. The summed E-state index contributed by atoms with van der Waals surface area (Å²) in [5.41, 5.74) is 1.94. The number of aryl methyl sites for hydroxylation is 1. The Balaban J connectivity index is 0.000001000. The molecular formula is C8H10N2Y-2. The SMILES string of the molecule is C[C-]=C(C)n1[c-]c(C)nc1.[Y]. The number of imidazole rings is 1. The summed E-state index contributed by atoms with van der Waals surface area (Å²) in [6.07, 6.45) is 7.77. The van der Waals surface area contributed by atoms with Gasteiger partial charge in [-0.1, -0.05) is 6.20 Å². The fourth-order valence-corrected chi connectivity index (χ4v) is 0.667. The Morgan fingerprint density at radius 1 is 1.73 bits per heavy atom. The molecule has 0 aliphatic carbocycles. The molecular weight excluding hydrogens is 213 g/mol. The zero-order valence-corrected chi connectivity index (χ0v) is 9.89. The summed E-state index contributed by atoms with van der Waals surface area (Å²) < 4.78 is 1.83. The number of aromatic nitrogens is 2. The molecule has 1 radical (unpaired) electrons. The van der Waals surface area contributed by atoms with Gasteiger partial charge in [-0.15, -0.1) is 6.92 Å². The molecule has 1 rings (SSSR count). The minimum atomic E-state index is 0. The Labute approximate surface area is 92.6 Å². The van der Waals surface area contributed by atoms with Gasteiger partial charge in [0.1, 0.15) is 0 Å². The summed E-state index contributed by atoms with van der Waals surface area (Å²) in [5, 5.41) is 0. The van der Waals surface area contributed by atoms with E-state index < -0.39 is 0 Å². The normalized spacial score (nSPS) is 11.0. The van der Waals surface area contributed by atoms with Gasteiger partial charge in [-0.05, 0) is 18.9 Å². The predicted molar refractivity (Wildman–Crippen MR) is 40.1 cm³/mol. The number of allylic oxidation sites excluding steroid dienone is 2. The number of nitrogens with zero attached hydrogens (tertiary/aromatic N) is 2. The van der Waals surface area contributed by atoms with E-state index in [4.69, 9.17) is 0 Å². The van der Waals surface area contributed by atoms with Crippen LogP contribution in [-0.4, -0.2) is 9.55 Å². The summed E-state index contributed by atoms with van der Waals surface area (Å²) in [6, 6.07) is 0. The molecule has 2 nitrogen and oxygen atoms in total. The predicted octanol–water partition coefficient (Wildman–Crippen LogP) is 1.67. The van der Waals surface area contributed by atoms with Crippen molar-refractivity contribution in [1.82, 2.24) is 9.55 Å². The standard InChI is InChI=1S/C8H10N2.Y/c1-4-8(3)10-5-7(2)9-6-10;/h6H,1-3H3;/q-2;. The summed E-state index contributed by atoms with van der Waals surface area (Å²) in [4.78, 5) is 4.03. The average molecular weight is 223 g/mol. The molecule has 0 amide bonds. The fraction of sp³-hybridized carbons (Fsp3) is 0.375. The van der Waals surface area contributed by atoms with Crippen molar-refractivity contribution in [3.8, 4) is 0 Å². The van der Waals surface area contributed by atoms with E-state index in [9.17, 15) is 0 Å². The van der Waals surface area contributed by atoms with Crippen LogP contribution in [0.4, 0.5) is 0 Å². The van der Waals surface area contributed by atoms with E-state index in [1.165, 1.54) is 0 Å². The first-order valence-corrected chi connectivity index (χ1v) is 3.19. The van der Waals surface area contributed by atoms with Gasteiger partial charge in [-0.25, -0.2) is 6.92 Å². The molecule has 11 heavy (non-hydrogen) atoms. The van der Waals surface area contributed by atoms with Gasteiger partial charge in [-0.3, -0.25) is 5.70 Å². The van der Waals surface area contributed by atoms with Crippen LogP contribution in [0.15, 0.2) is 6.33 Å². The Hall–Kier alpha value is 0.0539. The number of rotatable bonds is 1. The molecule has 0 N–H and O–H groups in total. The Kier molecular flexibility index (Phi) is 4.86. The molecule has 0 atom stereocenters. The third kappa shape index (κ3) is 2.88. The van der Waals surface area contributed by atoms with Gasteiger partial charge < -0.3 is 15.6 Å². The van der Waals surface area contributed by atoms with E-state index in [1.54, 1.807) is 6.33 Å². The van der Waals surface area contributed by atoms with E-state index >= 15 is 0 Å². The Bertz CT molecular complexity index is 250. The van der Waals surface area contributed by atoms with Crippen LogP contribution < -0.4 is 0 Å². The van der Waals surface area contributed by atoms with Crippen LogP contribution in [0, 0.1) is 19.2 Å². The Morgan fingerprint density at radius 3 is 2.73 bits per heavy atom. The van der Waals surface area contributed by atoms with E-state index in [-0.39, 0.29) is 32.7 Å². The van der Waals surface area contributed by atoms with Crippen LogP contribution in [0.25, 0.3) is 5.70 Å². The maximum absolute atomic E-state index is 4.03. The van der Waals surface area contributed by atoms with Crippen LogP contribution in [0.2, 0.25) is 0 Å². The second-order valence-corrected chi connectivity index (χ2v) is 2.15. The van der Waals surface area contributed by atoms with Gasteiger partial charge in [0.25, 0.3) is 0 Å². The smallest absolute Gasteiger partial charge is 0 e. The number of hydrogen-bond acceptors (Lipinski definition) is 1. The monoisotopic (exact) mass is 223 g/mol. The molecule has 0 aliphatic heterocycles. The van der Waals surface area contributed by atoms with E-state index in [1.807, 2.05) is 25.3 Å². The summed E-state index contributed by atoms with van der Waals surface area (Å²) in [7, 11) is 0. The van der Waals surface area contributed by atoms with Crippen molar-refractivity contribution >= 4 is 5.70 Å². The summed E-state index contributed by atoms with van der Waals surface area (Å²) in [5.74, 6) is 0. The van der Waals surface area contributed by atoms with E-state index in [0.29, 0.717) is 0 Å². The minimum Gasteiger partial charge on any atom is -0.551 e. The van der Waals surface area contributed by atoms with Crippen LogP contribution in [0.1, 0.15) is 19.5 Å². The van der Waals surface area contributed by atoms with Crippen molar-refractivity contribution in [3.63, 3.8) is 0 Å². The summed E-state index contributed by atoms with van der Waals surface area (Å²) in [6.45, 7) is 5.76. The van der Waals surface area contributed by atoms with Gasteiger partial charge in [-0.2, -0.15) is 0 Å². The molecule has 57 valence electrons. The van der Waals surface area contributed by atoms with Crippen molar-refractivity contribution < 1.29 is 32.7 Å². The summed E-state index contributed by atoms with van der Waals surface area (Å²) >= 11 is 0. The van der Waals surface area contributed by atoms with Gasteiger partial charge in [0.05, 0.1) is 0 Å². The Morgan fingerprint density at radius 2 is 2.36 bits per heavy atom. The maximum atomic E-state index is 4.03. The molecule has 3 heteroatoms. The average Bonchev–Trinajstić information content (AvgIpc) is 2.34. The molecule has 0 aromatic carbocycles. The van der Waals surface area contributed by atoms with Crippen molar-refractivity contribution in [2.75, 3.05) is 0 Å². The van der Waals surface area contributed by atoms with Crippen molar-refractivity contribution in [2.45, 2.75) is 20.8 Å². The van der Waals surface area contributed by atoms with Gasteiger partial charge in [0.15, 0.2) is 0 Å². The molecule has 0 bridgehead atoms. The second kappa shape index (κ2) is 4.84. The molecule has 0 aliphatic rings. The quantitative estimate of drug-likeness (QED) is 0.662. The molecule has 0 unspecified atom stereocenters. The van der Waals surface area contributed by atoms with Crippen LogP contribution >= 0.6 is 0 Å². The minimum absolute atomic E-state index is 0. The zero-order chi connectivity index (χ0) is 7.56. The first-order valence-electron chi connectivity index (χ1n) is 3.19. The van der Waals surface area contributed by atoms with E-state index in [2.05, 4.69) is 17.3 Å². The van der Waals surface area contributed by atoms with Crippen molar-refractivity contribution in [1.29, 1.82) is 0 Å². The van der Waals surface area contributed by atoms with Gasteiger partial charge in [0.2, 0.25) is 0 Å². The van der Waals surface area contributed by atoms with Crippen molar-refractivity contribution in [2.24, 2.45) is 0 Å². The fourth-order valence-electron chi connectivity index (χ4n) is 0.667. The van der Waals surface area contributed by atoms with Crippen LogP contribution in [0.3, 0.4) is 0 Å². The number of hydrogen-bond donors (Lipinski definition) is 0. The molecule has 0 spiro atoms. The second-order valence-electron chi connectivity index (χ2n) is 2.15. The van der Waals surface area contributed by atoms with Crippen molar-refractivity contribution in [3.05, 3.63) is 24.3 Å². The molecule has 1 aromatic heterocycles. The van der Waals surface area contributed by atoms with E-state index in [0.717, 1.165) is 11.4 Å². The van der Waals surface area contributed by atoms with Crippen LogP contribution in [0.5, 0.6) is 0 Å². The van der Waals surface area contributed by atoms with Crippen LogP contribution in [-0.2, 0) is 32.7 Å². The first kappa shape index (κ1) is 11.1. The van der Waals surface area contributed by atoms with Gasteiger partial charge >= 0.3 is 0 Å². The molecule has 1 heterocycles. The zero-order valence-electron chi connectivity index (χ0n) is 7.05. The molecule has 0 fully saturated rings. The van der Waals surface area contributed by atoms with Gasteiger partial charge in [0, 0.05) is 32.7 Å². The molecule has 1 aromatic rings. The third-order valence-electron chi connectivity index (χ3n) is 1.37. The first-order chi connectivity index (χ1) is 4.74. The topological polar surface area (TPSA) is 17.8 Å².